The van der Waals surface area contributed by atoms with Crippen molar-refractivity contribution in [1.29, 1.82) is 0 Å². The molecule has 0 unspecified atom stereocenters. The number of ether oxygens (including phenoxy) is 2. The minimum Gasteiger partial charge on any atom is -0.423 e. The first kappa shape index (κ1) is 16.1. The SMILES string of the molecule is CC(=O)Oc1ccc2ccc3cc4ccccc4cc3c2c1OC(C)=O. The van der Waals surface area contributed by atoms with Crippen molar-refractivity contribution in [1.82, 2.24) is 0 Å². The molecule has 0 amide bonds. The average Bonchev–Trinajstić information content (AvgIpc) is 2.60. The Kier molecular flexibility index (Phi) is 3.81. The molecule has 4 aromatic rings. The maximum absolute atomic E-state index is 11.7. The van der Waals surface area contributed by atoms with Gasteiger partial charge in [-0.25, -0.2) is 0 Å². The Morgan fingerprint density at radius 3 is 2.00 bits per heavy atom. The molecule has 0 atom stereocenters. The minimum atomic E-state index is -0.469. The summed E-state index contributed by atoms with van der Waals surface area (Å²) in [5.74, 6) is -0.431. The van der Waals surface area contributed by atoms with Gasteiger partial charge in [0.25, 0.3) is 0 Å². The molecular formula is C22H16O4. The second-order valence-electron chi connectivity index (χ2n) is 6.16. The van der Waals surface area contributed by atoms with Gasteiger partial charge in [-0.15, -0.1) is 0 Å². The number of fused-ring (bicyclic) bond motifs is 4. The molecule has 0 fully saturated rings. The first-order valence-corrected chi connectivity index (χ1v) is 8.28. The summed E-state index contributed by atoms with van der Waals surface area (Å²) in [4.78, 5) is 23.1. The van der Waals surface area contributed by atoms with Crippen molar-refractivity contribution in [2.45, 2.75) is 13.8 Å². The van der Waals surface area contributed by atoms with E-state index in [9.17, 15) is 9.59 Å². The molecule has 0 bridgehead atoms. The van der Waals surface area contributed by atoms with E-state index >= 15 is 0 Å². The third-order valence-electron chi connectivity index (χ3n) is 4.28. The Morgan fingerprint density at radius 1 is 0.692 bits per heavy atom. The zero-order valence-corrected chi connectivity index (χ0v) is 14.4. The summed E-state index contributed by atoms with van der Waals surface area (Å²) in [7, 11) is 0. The van der Waals surface area contributed by atoms with Gasteiger partial charge >= 0.3 is 11.9 Å². The van der Waals surface area contributed by atoms with Crippen LogP contribution in [0.25, 0.3) is 32.3 Å². The van der Waals surface area contributed by atoms with Gasteiger partial charge in [-0.1, -0.05) is 42.5 Å². The number of carbonyl (C=O) groups excluding carboxylic acids is 2. The van der Waals surface area contributed by atoms with Crippen molar-refractivity contribution in [2.75, 3.05) is 0 Å². The van der Waals surface area contributed by atoms with E-state index in [4.69, 9.17) is 9.47 Å². The smallest absolute Gasteiger partial charge is 0.308 e. The standard InChI is InChI=1S/C22H16O4/c1-13(23)25-20-10-9-15-7-8-18-11-16-5-3-4-6-17(16)12-19(18)21(15)22(20)26-14(2)24/h3-12H,1-2H3. The van der Waals surface area contributed by atoms with Gasteiger partial charge in [0.1, 0.15) is 0 Å². The summed E-state index contributed by atoms with van der Waals surface area (Å²) in [5.41, 5.74) is 0. The molecule has 0 aromatic heterocycles. The Hall–Kier alpha value is -3.40. The van der Waals surface area contributed by atoms with E-state index in [1.54, 1.807) is 6.07 Å². The normalized spacial score (nSPS) is 11.0. The molecule has 0 heterocycles. The van der Waals surface area contributed by atoms with E-state index in [0.29, 0.717) is 0 Å². The van der Waals surface area contributed by atoms with Crippen LogP contribution in [0.1, 0.15) is 13.8 Å². The van der Waals surface area contributed by atoms with Crippen LogP contribution in [0, 0.1) is 0 Å². The monoisotopic (exact) mass is 344 g/mol. The topological polar surface area (TPSA) is 52.6 Å². The van der Waals surface area contributed by atoms with E-state index in [2.05, 4.69) is 18.2 Å². The summed E-state index contributed by atoms with van der Waals surface area (Å²) >= 11 is 0. The molecule has 128 valence electrons. The van der Waals surface area contributed by atoms with Crippen LogP contribution in [0.4, 0.5) is 0 Å². The summed E-state index contributed by atoms with van der Waals surface area (Å²) in [6, 6.07) is 19.7. The number of carbonyl (C=O) groups is 2. The van der Waals surface area contributed by atoms with Crippen molar-refractivity contribution in [2.24, 2.45) is 0 Å². The minimum absolute atomic E-state index is 0.237. The lowest BCUT2D eigenvalue weighted by Gasteiger charge is -2.14. The van der Waals surface area contributed by atoms with Gasteiger partial charge in [0.15, 0.2) is 11.5 Å². The Balaban J connectivity index is 2.13. The second kappa shape index (κ2) is 6.15. The molecule has 0 aliphatic heterocycles. The van der Waals surface area contributed by atoms with Gasteiger partial charge in [0, 0.05) is 19.2 Å². The zero-order valence-electron chi connectivity index (χ0n) is 14.4. The van der Waals surface area contributed by atoms with Crippen molar-refractivity contribution < 1.29 is 19.1 Å². The van der Waals surface area contributed by atoms with Crippen molar-refractivity contribution in [3.05, 3.63) is 60.7 Å². The highest BCUT2D eigenvalue weighted by Gasteiger charge is 2.17. The number of hydrogen-bond acceptors (Lipinski definition) is 4. The fourth-order valence-electron chi connectivity index (χ4n) is 3.27. The predicted octanol–water partition coefficient (Wildman–Crippen LogP) is 5.00. The molecule has 4 heteroatoms. The van der Waals surface area contributed by atoms with E-state index in [0.717, 1.165) is 32.3 Å². The molecule has 4 nitrogen and oxygen atoms in total. The molecular weight excluding hydrogens is 328 g/mol. The third-order valence-corrected chi connectivity index (χ3v) is 4.28. The van der Waals surface area contributed by atoms with Crippen LogP contribution in [-0.2, 0) is 9.59 Å². The highest BCUT2D eigenvalue weighted by molar-refractivity contribution is 6.15. The van der Waals surface area contributed by atoms with Crippen molar-refractivity contribution in [3.63, 3.8) is 0 Å². The Bertz CT molecular complexity index is 1190. The first-order chi connectivity index (χ1) is 12.5. The molecule has 26 heavy (non-hydrogen) atoms. The molecule has 0 spiro atoms. The average molecular weight is 344 g/mol. The number of benzene rings is 4. The maximum atomic E-state index is 11.7. The van der Waals surface area contributed by atoms with Crippen LogP contribution >= 0.6 is 0 Å². The highest BCUT2D eigenvalue weighted by atomic mass is 16.6. The first-order valence-electron chi connectivity index (χ1n) is 8.28. The molecule has 0 N–H and O–H groups in total. The Labute approximate surface area is 149 Å². The van der Waals surface area contributed by atoms with Crippen LogP contribution in [0.15, 0.2) is 60.7 Å². The van der Waals surface area contributed by atoms with Crippen LogP contribution in [-0.4, -0.2) is 11.9 Å². The van der Waals surface area contributed by atoms with Crippen LogP contribution in [0.5, 0.6) is 11.5 Å². The zero-order chi connectivity index (χ0) is 18.3. The lowest BCUT2D eigenvalue weighted by atomic mass is 9.97. The highest BCUT2D eigenvalue weighted by Crippen LogP contribution is 2.41. The Morgan fingerprint density at radius 2 is 1.31 bits per heavy atom. The third kappa shape index (κ3) is 2.75. The van der Waals surface area contributed by atoms with Crippen LogP contribution in [0.2, 0.25) is 0 Å². The summed E-state index contributed by atoms with van der Waals surface area (Å²) in [6.07, 6.45) is 0. The quantitative estimate of drug-likeness (QED) is 0.222. The predicted molar refractivity (Wildman–Crippen MR) is 102 cm³/mol. The number of esters is 2. The lowest BCUT2D eigenvalue weighted by Crippen LogP contribution is -2.07. The van der Waals surface area contributed by atoms with Gasteiger partial charge in [-0.3, -0.25) is 9.59 Å². The van der Waals surface area contributed by atoms with Gasteiger partial charge in [-0.05, 0) is 45.1 Å². The summed E-state index contributed by atoms with van der Waals surface area (Å²) < 4.78 is 10.7. The van der Waals surface area contributed by atoms with Gasteiger partial charge in [0.05, 0.1) is 0 Å². The van der Waals surface area contributed by atoms with Crippen molar-refractivity contribution in [3.8, 4) is 11.5 Å². The van der Waals surface area contributed by atoms with E-state index in [-0.39, 0.29) is 11.5 Å². The van der Waals surface area contributed by atoms with Gasteiger partial charge in [0.2, 0.25) is 0 Å². The van der Waals surface area contributed by atoms with Gasteiger partial charge in [-0.2, -0.15) is 0 Å². The fraction of sp³-hybridized carbons (Fsp3) is 0.0909. The molecule has 4 aromatic carbocycles. The second-order valence-corrected chi connectivity index (χ2v) is 6.16. The molecule has 0 radical (unpaired) electrons. The van der Waals surface area contributed by atoms with E-state index in [1.165, 1.54) is 13.8 Å². The molecule has 0 saturated heterocycles. The van der Waals surface area contributed by atoms with E-state index < -0.39 is 11.9 Å². The van der Waals surface area contributed by atoms with Gasteiger partial charge < -0.3 is 9.47 Å². The maximum Gasteiger partial charge on any atom is 0.308 e. The molecule has 0 saturated carbocycles. The van der Waals surface area contributed by atoms with Crippen LogP contribution in [0.3, 0.4) is 0 Å². The molecule has 0 aliphatic carbocycles. The molecule has 0 aliphatic rings. The summed E-state index contributed by atoms with van der Waals surface area (Å²) in [6.45, 7) is 2.65. The van der Waals surface area contributed by atoms with Crippen LogP contribution < -0.4 is 9.47 Å². The summed E-state index contributed by atoms with van der Waals surface area (Å²) in [5, 5.41) is 5.82. The van der Waals surface area contributed by atoms with Crippen molar-refractivity contribution >= 4 is 44.3 Å². The number of rotatable bonds is 2. The largest absolute Gasteiger partial charge is 0.423 e. The lowest BCUT2D eigenvalue weighted by molar-refractivity contribution is -0.134. The van der Waals surface area contributed by atoms with E-state index in [1.807, 2.05) is 36.4 Å². The number of hydrogen-bond donors (Lipinski definition) is 0. The molecule has 4 rings (SSSR count). The fourth-order valence-corrected chi connectivity index (χ4v) is 3.27.